The van der Waals surface area contributed by atoms with E-state index >= 15 is 0 Å². The quantitative estimate of drug-likeness (QED) is 0.777. The molecule has 1 aliphatic heterocycles. The number of ether oxygens (including phenoxy) is 1. The van der Waals surface area contributed by atoms with E-state index in [-0.39, 0.29) is 17.9 Å². The van der Waals surface area contributed by atoms with Gasteiger partial charge in [-0.2, -0.15) is 4.98 Å². The van der Waals surface area contributed by atoms with Crippen molar-refractivity contribution in [3.05, 3.63) is 11.7 Å². The molecule has 0 saturated carbocycles. The summed E-state index contributed by atoms with van der Waals surface area (Å²) in [6.07, 6.45) is 3.03. The van der Waals surface area contributed by atoms with Crippen LogP contribution in [0.4, 0.5) is 0 Å². The molecule has 2 rings (SSSR count). The zero-order valence-corrected chi connectivity index (χ0v) is 13.3. The van der Waals surface area contributed by atoms with Crippen molar-refractivity contribution in [2.75, 3.05) is 13.1 Å². The fourth-order valence-corrected chi connectivity index (χ4v) is 2.81. The average Bonchev–Trinajstić information content (AvgIpc) is 2.86. The van der Waals surface area contributed by atoms with Gasteiger partial charge in [0.05, 0.1) is 0 Å². The van der Waals surface area contributed by atoms with Gasteiger partial charge in [0.2, 0.25) is 0 Å². The predicted octanol–water partition coefficient (Wildman–Crippen LogP) is 2.49. The lowest BCUT2D eigenvalue weighted by Gasteiger charge is -2.35. The molecule has 0 amide bonds. The van der Waals surface area contributed by atoms with Crippen molar-refractivity contribution >= 4 is 5.97 Å². The molecule has 1 aliphatic rings. The first-order valence-corrected chi connectivity index (χ1v) is 7.73. The number of hydrogen-bond acceptors (Lipinski definition) is 6. The van der Waals surface area contributed by atoms with Crippen LogP contribution in [0.1, 0.15) is 57.9 Å². The molecule has 1 saturated heterocycles. The molecule has 0 N–H and O–H groups in total. The number of nitrogens with zero attached hydrogens (tertiary/aromatic N) is 3. The van der Waals surface area contributed by atoms with Gasteiger partial charge in [-0.3, -0.25) is 9.69 Å². The number of carbonyl (C=O) groups is 1. The Morgan fingerprint density at radius 2 is 1.90 bits per heavy atom. The van der Waals surface area contributed by atoms with E-state index in [1.54, 1.807) is 13.8 Å². The SMILES string of the molecule is Cc1noc([C@H](C)OC(=O)[C@@H](C(C)C)N2CCCCC2)n1. The molecule has 0 radical (unpaired) electrons. The van der Waals surface area contributed by atoms with Gasteiger partial charge in [0, 0.05) is 0 Å². The summed E-state index contributed by atoms with van der Waals surface area (Å²) in [6.45, 7) is 9.55. The molecule has 0 aliphatic carbocycles. The zero-order valence-electron chi connectivity index (χ0n) is 13.3. The number of carbonyl (C=O) groups excluding carboxylic acids is 1. The Morgan fingerprint density at radius 3 is 2.43 bits per heavy atom. The summed E-state index contributed by atoms with van der Waals surface area (Å²) in [5.74, 6) is 0.911. The molecule has 0 bridgehead atoms. The Kier molecular flexibility index (Phi) is 5.33. The van der Waals surface area contributed by atoms with Crippen molar-refractivity contribution in [1.82, 2.24) is 15.0 Å². The molecular formula is C15H25N3O3. The van der Waals surface area contributed by atoms with Gasteiger partial charge in [-0.15, -0.1) is 0 Å². The number of likely N-dealkylation sites (tertiary alicyclic amines) is 1. The number of aryl methyl sites for hydroxylation is 1. The molecule has 6 nitrogen and oxygen atoms in total. The van der Waals surface area contributed by atoms with Gasteiger partial charge in [0.15, 0.2) is 11.9 Å². The van der Waals surface area contributed by atoms with Gasteiger partial charge in [0.25, 0.3) is 5.89 Å². The molecule has 0 spiro atoms. The molecule has 21 heavy (non-hydrogen) atoms. The minimum atomic E-state index is -0.509. The summed E-state index contributed by atoms with van der Waals surface area (Å²) < 4.78 is 10.6. The molecule has 2 atom stereocenters. The molecule has 0 unspecified atom stereocenters. The van der Waals surface area contributed by atoms with Crippen LogP contribution in [-0.2, 0) is 9.53 Å². The second-order valence-electron chi connectivity index (χ2n) is 6.04. The van der Waals surface area contributed by atoms with Crippen molar-refractivity contribution in [3.63, 3.8) is 0 Å². The van der Waals surface area contributed by atoms with Crippen LogP contribution in [0.5, 0.6) is 0 Å². The first-order chi connectivity index (χ1) is 9.99. The highest BCUT2D eigenvalue weighted by Crippen LogP contribution is 2.22. The second kappa shape index (κ2) is 7.02. The molecule has 6 heteroatoms. The zero-order chi connectivity index (χ0) is 15.4. The van der Waals surface area contributed by atoms with Gasteiger partial charge < -0.3 is 9.26 Å². The molecule has 1 aromatic heterocycles. The van der Waals surface area contributed by atoms with Crippen LogP contribution >= 0.6 is 0 Å². The summed E-state index contributed by atoms with van der Waals surface area (Å²) in [7, 11) is 0. The molecule has 0 aromatic carbocycles. The normalized spacial score (nSPS) is 19.5. The minimum absolute atomic E-state index is 0.197. The smallest absolute Gasteiger partial charge is 0.324 e. The van der Waals surface area contributed by atoms with Crippen LogP contribution < -0.4 is 0 Å². The summed E-state index contributed by atoms with van der Waals surface area (Å²) in [5, 5.41) is 3.73. The highest BCUT2D eigenvalue weighted by molar-refractivity contribution is 5.76. The Balaban J connectivity index is 2.01. The monoisotopic (exact) mass is 295 g/mol. The van der Waals surface area contributed by atoms with E-state index in [2.05, 4.69) is 28.9 Å². The first kappa shape index (κ1) is 15.9. The van der Waals surface area contributed by atoms with Crippen LogP contribution in [0.25, 0.3) is 0 Å². The Bertz CT molecular complexity index is 466. The van der Waals surface area contributed by atoms with Gasteiger partial charge in [0.1, 0.15) is 6.04 Å². The van der Waals surface area contributed by atoms with E-state index < -0.39 is 6.10 Å². The standard InChI is InChI=1S/C15H25N3O3/c1-10(2)13(18-8-6-5-7-9-18)15(19)20-11(3)14-16-12(4)17-21-14/h10-11,13H,5-9H2,1-4H3/t11-,13+/m0/s1. The lowest BCUT2D eigenvalue weighted by atomic mass is 9.99. The van der Waals surface area contributed by atoms with E-state index in [9.17, 15) is 4.79 Å². The summed E-state index contributed by atoms with van der Waals surface area (Å²) in [4.78, 5) is 18.9. The van der Waals surface area contributed by atoms with Gasteiger partial charge in [-0.05, 0) is 45.7 Å². The number of rotatable bonds is 5. The molecule has 118 valence electrons. The van der Waals surface area contributed by atoms with E-state index in [1.165, 1.54) is 6.42 Å². The minimum Gasteiger partial charge on any atom is -0.451 e. The number of piperidine rings is 1. The van der Waals surface area contributed by atoms with Crippen molar-refractivity contribution in [3.8, 4) is 0 Å². The van der Waals surface area contributed by atoms with Gasteiger partial charge in [-0.25, -0.2) is 0 Å². The fraction of sp³-hybridized carbons (Fsp3) is 0.800. The van der Waals surface area contributed by atoms with Crippen LogP contribution in [-0.4, -0.2) is 40.1 Å². The van der Waals surface area contributed by atoms with Crippen LogP contribution in [0, 0.1) is 12.8 Å². The average molecular weight is 295 g/mol. The van der Waals surface area contributed by atoms with Gasteiger partial charge in [-0.1, -0.05) is 25.4 Å². The fourth-order valence-electron chi connectivity index (χ4n) is 2.81. The number of esters is 1. The summed E-state index contributed by atoms with van der Waals surface area (Å²) in [6, 6.07) is -0.197. The lowest BCUT2D eigenvalue weighted by Crippen LogP contribution is -2.48. The van der Waals surface area contributed by atoms with Crippen LogP contribution in [0.15, 0.2) is 4.52 Å². The van der Waals surface area contributed by atoms with Gasteiger partial charge >= 0.3 is 5.97 Å². The number of hydrogen-bond donors (Lipinski definition) is 0. The summed E-state index contributed by atoms with van der Waals surface area (Å²) in [5.41, 5.74) is 0. The highest BCUT2D eigenvalue weighted by Gasteiger charge is 2.33. The van der Waals surface area contributed by atoms with Crippen molar-refractivity contribution in [2.45, 2.75) is 59.1 Å². The predicted molar refractivity (Wildman–Crippen MR) is 77.6 cm³/mol. The Morgan fingerprint density at radius 1 is 1.24 bits per heavy atom. The third-order valence-electron chi connectivity index (χ3n) is 3.84. The van der Waals surface area contributed by atoms with Crippen molar-refractivity contribution < 1.29 is 14.1 Å². The van der Waals surface area contributed by atoms with Crippen LogP contribution in [0.3, 0.4) is 0 Å². The lowest BCUT2D eigenvalue weighted by molar-refractivity contribution is -0.158. The molecule has 1 aromatic rings. The largest absolute Gasteiger partial charge is 0.451 e. The molecule has 1 fully saturated rings. The summed E-state index contributed by atoms with van der Waals surface area (Å²) >= 11 is 0. The van der Waals surface area contributed by atoms with Crippen LogP contribution in [0.2, 0.25) is 0 Å². The topological polar surface area (TPSA) is 68.5 Å². The highest BCUT2D eigenvalue weighted by atomic mass is 16.6. The maximum atomic E-state index is 12.5. The van der Waals surface area contributed by atoms with E-state index in [0.29, 0.717) is 11.7 Å². The van der Waals surface area contributed by atoms with E-state index in [1.807, 2.05) is 0 Å². The third kappa shape index (κ3) is 4.03. The maximum Gasteiger partial charge on any atom is 0.324 e. The van der Waals surface area contributed by atoms with E-state index in [0.717, 1.165) is 25.9 Å². The van der Waals surface area contributed by atoms with Crippen molar-refractivity contribution in [1.29, 1.82) is 0 Å². The number of aromatic nitrogens is 2. The van der Waals surface area contributed by atoms with Crippen molar-refractivity contribution in [2.24, 2.45) is 5.92 Å². The second-order valence-corrected chi connectivity index (χ2v) is 6.04. The first-order valence-electron chi connectivity index (χ1n) is 7.73. The molecule has 2 heterocycles. The Hall–Kier alpha value is -1.43. The van der Waals surface area contributed by atoms with E-state index in [4.69, 9.17) is 9.26 Å². The third-order valence-corrected chi connectivity index (χ3v) is 3.84. The molecular weight excluding hydrogens is 270 g/mol. The Labute approximate surface area is 125 Å². The maximum absolute atomic E-state index is 12.5.